The van der Waals surface area contributed by atoms with Gasteiger partial charge in [-0.25, -0.2) is 0 Å². The lowest BCUT2D eigenvalue weighted by molar-refractivity contribution is -0.182. The van der Waals surface area contributed by atoms with Crippen molar-refractivity contribution >= 4 is 5.96 Å². The highest BCUT2D eigenvalue weighted by Crippen LogP contribution is 2.36. The van der Waals surface area contributed by atoms with E-state index in [2.05, 4.69) is 0 Å². The van der Waals surface area contributed by atoms with Crippen molar-refractivity contribution in [3.63, 3.8) is 0 Å². The second-order valence-corrected chi connectivity index (χ2v) is 3.38. The quantitative estimate of drug-likeness (QED) is 0.421. The number of nitrogens with zero attached hydrogens (tertiary/aromatic N) is 1. The van der Waals surface area contributed by atoms with Crippen LogP contribution < -0.4 is 5.73 Å². The molecule has 1 fully saturated rings. The molecule has 0 aliphatic carbocycles. The second kappa shape index (κ2) is 3.64. The molecule has 0 amide bonds. The summed E-state index contributed by atoms with van der Waals surface area (Å²) in [5.41, 5.74) is 5.08. The Morgan fingerprint density at radius 2 is 2.07 bits per heavy atom. The summed E-state index contributed by atoms with van der Waals surface area (Å²) >= 11 is 0. The lowest BCUT2D eigenvalue weighted by atomic mass is 9.97. The molecule has 1 aliphatic rings. The van der Waals surface area contributed by atoms with Gasteiger partial charge in [0.05, 0.1) is 5.92 Å². The Kier molecular flexibility index (Phi) is 2.89. The van der Waals surface area contributed by atoms with Crippen LogP contribution in [0.4, 0.5) is 13.2 Å². The van der Waals surface area contributed by atoms with Gasteiger partial charge in [-0.15, -0.1) is 0 Å². The first-order chi connectivity index (χ1) is 6.36. The fourth-order valence-electron chi connectivity index (χ4n) is 1.62. The molecule has 4 N–H and O–H groups in total. The van der Waals surface area contributed by atoms with Crippen molar-refractivity contribution in [3.8, 4) is 0 Å². The number of likely N-dealkylation sites (tertiary alicyclic amines) is 1. The standard InChI is InChI=1S/C7H12F3N3O/c8-7(9,10)5-2-13(6(11)12)1-4(5)3-14/h4-5,14H,1-3H2,(H3,11,12)/t4-,5+/m0/s1. The average Bonchev–Trinajstić information content (AvgIpc) is 2.46. The van der Waals surface area contributed by atoms with E-state index in [-0.39, 0.29) is 19.0 Å². The van der Waals surface area contributed by atoms with E-state index in [1.165, 1.54) is 0 Å². The highest BCUT2D eigenvalue weighted by atomic mass is 19.4. The molecule has 4 nitrogen and oxygen atoms in total. The van der Waals surface area contributed by atoms with Crippen molar-refractivity contribution in [1.82, 2.24) is 4.90 Å². The van der Waals surface area contributed by atoms with E-state index in [1.807, 2.05) is 0 Å². The molecule has 82 valence electrons. The van der Waals surface area contributed by atoms with Crippen molar-refractivity contribution in [3.05, 3.63) is 0 Å². The zero-order valence-electron chi connectivity index (χ0n) is 7.38. The van der Waals surface area contributed by atoms with E-state index in [0.717, 1.165) is 4.90 Å². The topological polar surface area (TPSA) is 73.3 Å². The molecule has 1 saturated heterocycles. The normalized spacial score (nSPS) is 28.1. The molecule has 14 heavy (non-hydrogen) atoms. The number of hydrogen-bond donors (Lipinski definition) is 3. The van der Waals surface area contributed by atoms with Gasteiger partial charge >= 0.3 is 6.18 Å². The summed E-state index contributed by atoms with van der Waals surface area (Å²) in [5.74, 6) is -2.84. The number of rotatable bonds is 1. The first kappa shape index (κ1) is 11.1. The Labute approximate surface area is 79.0 Å². The number of guanidine groups is 1. The number of nitrogens with one attached hydrogen (secondary N) is 1. The van der Waals surface area contributed by atoms with E-state index in [0.29, 0.717) is 0 Å². The van der Waals surface area contributed by atoms with Gasteiger partial charge in [0.15, 0.2) is 5.96 Å². The highest BCUT2D eigenvalue weighted by molar-refractivity contribution is 5.74. The molecule has 0 spiro atoms. The van der Waals surface area contributed by atoms with Gasteiger partial charge in [-0.05, 0) is 0 Å². The summed E-state index contributed by atoms with van der Waals surface area (Å²) in [7, 11) is 0. The van der Waals surface area contributed by atoms with Crippen molar-refractivity contribution in [2.24, 2.45) is 17.6 Å². The third kappa shape index (κ3) is 2.09. The van der Waals surface area contributed by atoms with Gasteiger partial charge in [-0.2, -0.15) is 13.2 Å². The van der Waals surface area contributed by atoms with Gasteiger partial charge in [0.25, 0.3) is 0 Å². The highest BCUT2D eigenvalue weighted by Gasteiger charge is 2.49. The monoisotopic (exact) mass is 211 g/mol. The van der Waals surface area contributed by atoms with Gasteiger partial charge in [-0.3, -0.25) is 5.41 Å². The minimum Gasteiger partial charge on any atom is -0.396 e. The number of nitrogens with two attached hydrogens (primary N) is 1. The number of hydrogen-bond acceptors (Lipinski definition) is 2. The van der Waals surface area contributed by atoms with Gasteiger partial charge in [0, 0.05) is 25.6 Å². The molecule has 2 atom stereocenters. The lowest BCUT2D eigenvalue weighted by Gasteiger charge is -2.18. The van der Waals surface area contributed by atoms with E-state index in [4.69, 9.17) is 16.2 Å². The largest absolute Gasteiger partial charge is 0.396 e. The molecule has 0 aromatic rings. The maximum absolute atomic E-state index is 12.4. The van der Waals surface area contributed by atoms with Crippen LogP contribution in [0.5, 0.6) is 0 Å². The summed E-state index contributed by atoms with van der Waals surface area (Å²) in [5, 5.41) is 15.8. The Bertz CT molecular complexity index is 231. The number of aliphatic hydroxyl groups excluding tert-OH is 1. The molecular formula is C7H12F3N3O. The zero-order valence-corrected chi connectivity index (χ0v) is 7.38. The SMILES string of the molecule is N=C(N)N1C[C@@H](CO)[C@H](C(F)(F)F)C1. The molecule has 0 aromatic heterocycles. The van der Waals surface area contributed by atoms with Gasteiger partial charge in [0.2, 0.25) is 0 Å². The predicted molar refractivity (Wildman–Crippen MR) is 43.6 cm³/mol. The average molecular weight is 211 g/mol. The maximum atomic E-state index is 12.4. The minimum absolute atomic E-state index is 0.00396. The molecule has 0 bridgehead atoms. The summed E-state index contributed by atoms with van der Waals surface area (Å²) in [6, 6.07) is 0. The fraction of sp³-hybridized carbons (Fsp3) is 0.857. The van der Waals surface area contributed by atoms with E-state index in [1.54, 1.807) is 0 Å². The summed E-state index contributed by atoms with van der Waals surface area (Å²) in [6.45, 7) is -0.867. The molecule has 7 heteroatoms. The Morgan fingerprint density at radius 3 is 2.36 bits per heavy atom. The maximum Gasteiger partial charge on any atom is 0.393 e. The smallest absolute Gasteiger partial charge is 0.393 e. The lowest BCUT2D eigenvalue weighted by Crippen LogP contribution is -2.36. The fourth-order valence-corrected chi connectivity index (χ4v) is 1.62. The molecule has 0 radical (unpaired) electrons. The van der Waals surface area contributed by atoms with Crippen LogP contribution in [0.1, 0.15) is 0 Å². The summed E-state index contributed by atoms with van der Waals surface area (Å²) in [6.07, 6.45) is -4.34. The summed E-state index contributed by atoms with van der Waals surface area (Å²) < 4.78 is 37.2. The second-order valence-electron chi connectivity index (χ2n) is 3.38. The van der Waals surface area contributed by atoms with Gasteiger partial charge < -0.3 is 15.7 Å². The Hall–Kier alpha value is -0.980. The van der Waals surface area contributed by atoms with Crippen LogP contribution in [0.2, 0.25) is 0 Å². The zero-order chi connectivity index (χ0) is 10.9. The first-order valence-electron chi connectivity index (χ1n) is 4.12. The third-order valence-electron chi connectivity index (χ3n) is 2.44. The number of halogens is 3. The summed E-state index contributed by atoms with van der Waals surface area (Å²) in [4.78, 5) is 1.12. The number of alkyl halides is 3. The Balaban J connectivity index is 2.73. The van der Waals surface area contributed by atoms with Crippen LogP contribution in [0.3, 0.4) is 0 Å². The number of aliphatic hydroxyl groups is 1. The molecule has 0 saturated carbocycles. The molecule has 1 rings (SSSR count). The minimum atomic E-state index is -4.34. The van der Waals surface area contributed by atoms with Crippen LogP contribution in [0.15, 0.2) is 0 Å². The van der Waals surface area contributed by atoms with Gasteiger partial charge in [-0.1, -0.05) is 0 Å². The van der Waals surface area contributed by atoms with E-state index < -0.39 is 24.6 Å². The molecule has 0 aromatic carbocycles. The Morgan fingerprint density at radius 1 is 1.50 bits per heavy atom. The molecular weight excluding hydrogens is 199 g/mol. The van der Waals surface area contributed by atoms with Crippen molar-refractivity contribution in [2.75, 3.05) is 19.7 Å². The van der Waals surface area contributed by atoms with Gasteiger partial charge in [0.1, 0.15) is 0 Å². The predicted octanol–water partition coefficient (Wildman–Crippen LogP) is -0.0175. The molecule has 1 aliphatic heterocycles. The third-order valence-corrected chi connectivity index (χ3v) is 2.44. The van der Waals surface area contributed by atoms with E-state index >= 15 is 0 Å². The van der Waals surface area contributed by atoms with E-state index in [9.17, 15) is 13.2 Å². The van der Waals surface area contributed by atoms with Crippen molar-refractivity contribution in [1.29, 1.82) is 5.41 Å². The molecule has 1 heterocycles. The van der Waals surface area contributed by atoms with Crippen LogP contribution in [-0.4, -0.2) is 41.8 Å². The van der Waals surface area contributed by atoms with Crippen molar-refractivity contribution < 1.29 is 18.3 Å². The van der Waals surface area contributed by atoms with Crippen molar-refractivity contribution in [2.45, 2.75) is 6.18 Å². The van der Waals surface area contributed by atoms with Crippen LogP contribution in [0.25, 0.3) is 0 Å². The van der Waals surface area contributed by atoms with Crippen LogP contribution in [-0.2, 0) is 0 Å². The van der Waals surface area contributed by atoms with Crippen LogP contribution in [0, 0.1) is 17.2 Å². The first-order valence-corrected chi connectivity index (χ1v) is 4.12. The van der Waals surface area contributed by atoms with Crippen LogP contribution >= 0.6 is 0 Å². The molecule has 0 unspecified atom stereocenters.